The third-order valence-corrected chi connectivity index (χ3v) is 4.46. The maximum absolute atomic E-state index is 12.2. The summed E-state index contributed by atoms with van der Waals surface area (Å²) in [5.41, 5.74) is 3.11. The van der Waals surface area contributed by atoms with E-state index in [-0.39, 0.29) is 12.5 Å². The molecule has 1 saturated heterocycles. The lowest BCUT2D eigenvalue weighted by Gasteiger charge is -2.19. The molecule has 0 unspecified atom stereocenters. The molecule has 1 amide bonds. The molecule has 2 aromatic rings. The molecule has 2 aromatic carbocycles. The third kappa shape index (κ3) is 4.69. The first kappa shape index (κ1) is 18.1. The highest BCUT2D eigenvalue weighted by Gasteiger charge is 2.13. The van der Waals surface area contributed by atoms with E-state index in [0.717, 1.165) is 30.1 Å². The van der Waals surface area contributed by atoms with Crippen LogP contribution in [0, 0.1) is 6.92 Å². The van der Waals surface area contributed by atoms with E-state index in [4.69, 9.17) is 9.47 Å². The van der Waals surface area contributed by atoms with Gasteiger partial charge in [-0.3, -0.25) is 4.79 Å². The second-order valence-electron chi connectivity index (χ2n) is 6.43. The molecule has 0 saturated carbocycles. The maximum atomic E-state index is 12.2. The fourth-order valence-electron chi connectivity index (χ4n) is 3.09. The summed E-state index contributed by atoms with van der Waals surface area (Å²) in [4.78, 5) is 14.6. The Kier molecular flexibility index (Phi) is 6.00. The number of hydrogen-bond donors (Lipinski definition) is 1. The van der Waals surface area contributed by atoms with Gasteiger partial charge in [-0.15, -0.1) is 0 Å². The first-order valence-corrected chi connectivity index (χ1v) is 9.17. The smallest absolute Gasteiger partial charge is 0.262 e. The van der Waals surface area contributed by atoms with Crippen molar-refractivity contribution in [1.82, 2.24) is 0 Å². The van der Waals surface area contributed by atoms with E-state index in [1.165, 1.54) is 18.5 Å². The average molecular weight is 354 g/mol. The van der Waals surface area contributed by atoms with Gasteiger partial charge in [-0.05, 0) is 74.7 Å². The van der Waals surface area contributed by atoms with Gasteiger partial charge in [-0.2, -0.15) is 0 Å². The van der Waals surface area contributed by atoms with Crippen LogP contribution >= 0.6 is 0 Å². The van der Waals surface area contributed by atoms with Crippen LogP contribution in [0.15, 0.2) is 42.5 Å². The van der Waals surface area contributed by atoms with Crippen molar-refractivity contribution in [2.24, 2.45) is 0 Å². The van der Waals surface area contributed by atoms with Crippen LogP contribution < -0.4 is 19.7 Å². The molecule has 1 N–H and O–H groups in total. The lowest BCUT2D eigenvalue weighted by atomic mass is 10.1. The molecule has 5 heteroatoms. The summed E-state index contributed by atoms with van der Waals surface area (Å²) >= 11 is 0. The molecule has 1 aliphatic rings. The molecular weight excluding hydrogens is 328 g/mol. The van der Waals surface area contributed by atoms with E-state index < -0.39 is 0 Å². The summed E-state index contributed by atoms with van der Waals surface area (Å²) in [6.07, 6.45) is 2.50. The lowest BCUT2D eigenvalue weighted by Crippen LogP contribution is -2.21. The number of benzene rings is 2. The Morgan fingerprint density at radius 2 is 1.69 bits per heavy atom. The highest BCUT2D eigenvalue weighted by Crippen LogP contribution is 2.25. The zero-order chi connectivity index (χ0) is 18.4. The first-order valence-electron chi connectivity index (χ1n) is 9.17. The van der Waals surface area contributed by atoms with Crippen LogP contribution in [0.1, 0.15) is 25.3 Å². The van der Waals surface area contributed by atoms with E-state index >= 15 is 0 Å². The number of carbonyl (C=O) groups excluding carboxylic acids is 1. The normalized spacial score (nSPS) is 13.5. The fourth-order valence-corrected chi connectivity index (χ4v) is 3.09. The number of nitrogens with one attached hydrogen (secondary N) is 1. The van der Waals surface area contributed by atoms with Crippen LogP contribution in [-0.4, -0.2) is 32.2 Å². The third-order valence-electron chi connectivity index (χ3n) is 4.46. The zero-order valence-corrected chi connectivity index (χ0v) is 15.5. The molecule has 26 heavy (non-hydrogen) atoms. The molecule has 5 nitrogen and oxygen atoms in total. The van der Waals surface area contributed by atoms with Gasteiger partial charge in [0, 0.05) is 24.5 Å². The quantitative estimate of drug-likeness (QED) is 0.816. The van der Waals surface area contributed by atoms with Crippen molar-refractivity contribution in [3.8, 4) is 11.5 Å². The van der Waals surface area contributed by atoms with Crippen molar-refractivity contribution in [2.45, 2.75) is 26.7 Å². The van der Waals surface area contributed by atoms with E-state index in [1.807, 2.05) is 32.0 Å². The van der Waals surface area contributed by atoms with Gasteiger partial charge < -0.3 is 19.7 Å². The van der Waals surface area contributed by atoms with Gasteiger partial charge in [0.05, 0.1) is 6.61 Å². The topological polar surface area (TPSA) is 50.8 Å². The number of ether oxygens (including phenoxy) is 2. The van der Waals surface area contributed by atoms with E-state index in [1.54, 1.807) is 12.1 Å². The minimum absolute atomic E-state index is 0.0265. The van der Waals surface area contributed by atoms with Gasteiger partial charge in [0.15, 0.2) is 6.61 Å². The number of rotatable bonds is 7. The molecule has 0 aliphatic carbocycles. The number of aryl methyl sites for hydroxylation is 1. The highest BCUT2D eigenvalue weighted by molar-refractivity contribution is 5.92. The second-order valence-corrected chi connectivity index (χ2v) is 6.43. The molecule has 0 atom stereocenters. The van der Waals surface area contributed by atoms with Gasteiger partial charge in [0.25, 0.3) is 5.91 Å². The molecule has 3 rings (SSSR count). The Balaban J connectivity index is 1.52. The predicted molar refractivity (Wildman–Crippen MR) is 104 cm³/mol. The molecule has 1 fully saturated rings. The number of carbonyl (C=O) groups is 1. The molecule has 1 heterocycles. The number of hydrogen-bond acceptors (Lipinski definition) is 4. The SMILES string of the molecule is CCOc1ccc(OCC(=O)Nc2ccc(N3CCCC3)cc2C)cc1. The van der Waals surface area contributed by atoms with Crippen molar-refractivity contribution in [3.63, 3.8) is 0 Å². The van der Waals surface area contributed by atoms with E-state index in [9.17, 15) is 4.79 Å². The Bertz CT molecular complexity index is 737. The summed E-state index contributed by atoms with van der Waals surface area (Å²) in [6.45, 7) is 6.78. The lowest BCUT2D eigenvalue weighted by molar-refractivity contribution is -0.118. The molecule has 0 aromatic heterocycles. The highest BCUT2D eigenvalue weighted by atomic mass is 16.5. The first-order chi connectivity index (χ1) is 12.7. The van der Waals surface area contributed by atoms with Gasteiger partial charge in [-0.1, -0.05) is 0 Å². The monoisotopic (exact) mass is 354 g/mol. The molecule has 1 aliphatic heterocycles. The largest absolute Gasteiger partial charge is 0.494 e. The van der Waals surface area contributed by atoms with Crippen LogP contribution in [0.25, 0.3) is 0 Å². The summed E-state index contributed by atoms with van der Waals surface area (Å²) in [5.74, 6) is 1.26. The predicted octanol–water partition coefficient (Wildman–Crippen LogP) is 4.01. The van der Waals surface area contributed by atoms with Crippen LogP contribution in [0.4, 0.5) is 11.4 Å². The van der Waals surface area contributed by atoms with Crippen molar-refractivity contribution < 1.29 is 14.3 Å². The van der Waals surface area contributed by atoms with Crippen LogP contribution in [0.3, 0.4) is 0 Å². The van der Waals surface area contributed by atoms with E-state index in [2.05, 4.69) is 22.3 Å². The molecular formula is C21H26N2O3. The fraction of sp³-hybridized carbons (Fsp3) is 0.381. The van der Waals surface area contributed by atoms with Crippen molar-refractivity contribution in [3.05, 3.63) is 48.0 Å². The van der Waals surface area contributed by atoms with Gasteiger partial charge >= 0.3 is 0 Å². The van der Waals surface area contributed by atoms with Crippen molar-refractivity contribution in [1.29, 1.82) is 0 Å². The minimum Gasteiger partial charge on any atom is -0.494 e. The van der Waals surface area contributed by atoms with Gasteiger partial charge in [0.2, 0.25) is 0 Å². The van der Waals surface area contributed by atoms with E-state index in [0.29, 0.717) is 12.4 Å². The molecule has 0 radical (unpaired) electrons. The average Bonchev–Trinajstić information content (AvgIpc) is 3.18. The summed E-state index contributed by atoms with van der Waals surface area (Å²) in [6, 6.07) is 13.4. The summed E-state index contributed by atoms with van der Waals surface area (Å²) in [5, 5.41) is 2.92. The number of nitrogens with zero attached hydrogens (tertiary/aromatic N) is 1. The number of anilines is 2. The Morgan fingerprint density at radius 1 is 1.04 bits per heavy atom. The molecule has 138 valence electrons. The Morgan fingerprint density at radius 3 is 2.31 bits per heavy atom. The number of amides is 1. The van der Waals surface area contributed by atoms with Crippen LogP contribution in [0.5, 0.6) is 11.5 Å². The standard InChI is InChI=1S/C21H26N2O3/c1-3-25-18-7-9-19(10-8-18)26-15-21(24)22-20-11-6-17(14-16(20)2)23-12-4-5-13-23/h6-11,14H,3-5,12-13,15H2,1-2H3,(H,22,24). The molecule has 0 bridgehead atoms. The minimum atomic E-state index is -0.170. The Hall–Kier alpha value is -2.69. The van der Waals surface area contributed by atoms with Gasteiger partial charge in [-0.25, -0.2) is 0 Å². The second kappa shape index (κ2) is 8.61. The molecule has 0 spiro atoms. The Labute approximate surface area is 154 Å². The maximum Gasteiger partial charge on any atom is 0.262 e. The van der Waals surface area contributed by atoms with Crippen LogP contribution in [-0.2, 0) is 4.79 Å². The zero-order valence-electron chi connectivity index (χ0n) is 15.5. The van der Waals surface area contributed by atoms with Crippen LogP contribution in [0.2, 0.25) is 0 Å². The summed E-state index contributed by atoms with van der Waals surface area (Å²) < 4.78 is 10.9. The summed E-state index contributed by atoms with van der Waals surface area (Å²) in [7, 11) is 0. The van der Waals surface area contributed by atoms with Crippen molar-refractivity contribution >= 4 is 17.3 Å². The van der Waals surface area contributed by atoms with Gasteiger partial charge in [0.1, 0.15) is 11.5 Å². The van der Waals surface area contributed by atoms with Crippen molar-refractivity contribution in [2.75, 3.05) is 36.5 Å².